The molecule has 0 spiro atoms. The van der Waals surface area contributed by atoms with Crippen LogP contribution in [0.2, 0.25) is 0 Å². The number of fused-ring (bicyclic) bond motifs is 1. The maximum absolute atomic E-state index is 15.0. The fraction of sp³-hybridized carbons (Fsp3) is 0.214. The summed E-state index contributed by atoms with van der Waals surface area (Å²) in [5, 5.41) is 0. The molecule has 1 aliphatic rings. The summed E-state index contributed by atoms with van der Waals surface area (Å²) in [5.74, 6) is -15.0. The summed E-state index contributed by atoms with van der Waals surface area (Å²) in [6, 6.07) is 6.43. The Bertz CT molecular complexity index is 1330. The highest BCUT2D eigenvalue weighted by Crippen LogP contribution is 2.50. The van der Waals surface area contributed by atoms with E-state index in [4.69, 9.17) is 0 Å². The molecule has 0 fully saturated rings. The second-order valence-corrected chi connectivity index (χ2v) is 8.58. The number of benzene rings is 3. The molecule has 3 aromatic carbocycles. The zero-order chi connectivity index (χ0) is 26.3. The molecule has 1 aliphatic carbocycles. The molecular weight excluding hydrogens is 488 g/mol. The molecule has 0 saturated heterocycles. The Kier molecular flexibility index (Phi) is 6.82. The van der Waals surface area contributed by atoms with Gasteiger partial charge in [-0.15, -0.1) is 0 Å². The van der Waals surface area contributed by atoms with Crippen molar-refractivity contribution in [3.8, 4) is 0 Å². The average molecular weight is 508 g/mol. The molecule has 0 heterocycles. The average Bonchev–Trinajstić information content (AvgIpc) is 3.21. The van der Waals surface area contributed by atoms with Gasteiger partial charge in [0.2, 0.25) is 0 Å². The molecule has 0 aliphatic heterocycles. The molecule has 0 aromatic heterocycles. The Balaban J connectivity index is 1.64. The predicted octanol–water partition coefficient (Wildman–Crippen LogP) is 8.73. The van der Waals surface area contributed by atoms with Crippen molar-refractivity contribution in [3.05, 3.63) is 117 Å². The van der Waals surface area contributed by atoms with E-state index in [1.165, 1.54) is 18.2 Å². The molecule has 0 N–H and O–H groups in total. The Labute approximate surface area is 202 Å². The molecule has 4 rings (SSSR count). The molecule has 188 valence electrons. The lowest BCUT2D eigenvalue weighted by molar-refractivity contribution is -0.224. The van der Waals surface area contributed by atoms with Crippen LogP contribution >= 0.6 is 0 Å². The van der Waals surface area contributed by atoms with E-state index in [9.17, 15) is 35.1 Å². The summed E-state index contributed by atoms with van der Waals surface area (Å²) in [6.45, 7) is 1.83. The van der Waals surface area contributed by atoms with Gasteiger partial charge in [-0.3, -0.25) is 0 Å². The van der Waals surface area contributed by atoms with Crippen molar-refractivity contribution in [1.29, 1.82) is 0 Å². The van der Waals surface area contributed by atoms with E-state index in [1.54, 1.807) is 0 Å². The van der Waals surface area contributed by atoms with Gasteiger partial charge < -0.3 is 0 Å². The molecule has 0 nitrogen and oxygen atoms in total. The van der Waals surface area contributed by atoms with Crippen LogP contribution in [0.1, 0.15) is 46.7 Å². The highest BCUT2D eigenvalue weighted by Gasteiger charge is 2.58. The highest BCUT2D eigenvalue weighted by atomic mass is 19.3. The molecular formula is C28H20F8. The second-order valence-electron chi connectivity index (χ2n) is 8.58. The Morgan fingerprint density at radius 1 is 0.750 bits per heavy atom. The van der Waals surface area contributed by atoms with Crippen LogP contribution in [0.3, 0.4) is 0 Å². The highest BCUT2D eigenvalue weighted by molar-refractivity contribution is 5.89. The summed E-state index contributed by atoms with van der Waals surface area (Å²) in [4.78, 5) is 0. The van der Waals surface area contributed by atoms with Crippen molar-refractivity contribution in [1.82, 2.24) is 0 Å². The molecule has 0 radical (unpaired) electrons. The van der Waals surface area contributed by atoms with Gasteiger partial charge in [-0.1, -0.05) is 42.5 Å². The number of hydrogen-bond acceptors (Lipinski definition) is 0. The van der Waals surface area contributed by atoms with E-state index >= 15 is 0 Å². The quantitative estimate of drug-likeness (QED) is 0.221. The maximum Gasteiger partial charge on any atom is 0.339 e. The zero-order valence-corrected chi connectivity index (χ0v) is 19.0. The van der Waals surface area contributed by atoms with Gasteiger partial charge in [0.05, 0.1) is 0 Å². The van der Waals surface area contributed by atoms with Gasteiger partial charge >= 0.3 is 11.8 Å². The van der Waals surface area contributed by atoms with Crippen molar-refractivity contribution >= 4 is 11.6 Å². The Morgan fingerprint density at radius 3 is 1.94 bits per heavy atom. The summed E-state index contributed by atoms with van der Waals surface area (Å²) in [5.41, 5.74) is -2.21. The van der Waals surface area contributed by atoms with Crippen molar-refractivity contribution in [2.75, 3.05) is 0 Å². The lowest BCUT2D eigenvalue weighted by atomic mass is 9.92. The summed E-state index contributed by atoms with van der Waals surface area (Å²) >= 11 is 0. The fourth-order valence-electron chi connectivity index (χ4n) is 4.22. The monoisotopic (exact) mass is 508 g/mol. The minimum absolute atomic E-state index is 0.0554. The van der Waals surface area contributed by atoms with E-state index in [0.717, 1.165) is 24.3 Å². The first kappa shape index (κ1) is 25.7. The van der Waals surface area contributed by atoms with Gasteiger partial charge in [-0.2, -0.15) is 17.6 Å². The fourth-order valence-corrected chi connectivity index (χ4v) is 4.22. The first-order valence-electron chi connectivity index (χ1n) is 11.1. The minimum Gasteiger partial charge on any atom is -0.206 e. The van der Waals surface area contributed by atoms with Crippen LogP contribution in [0.4, 0.5) is 35.1 Å². The van der Waals surface area contributed by atoms with Crippen LogP contribution in [0.15, 0.2) is 60.7 Å². The third-order valence-electron chi connectivity index (χ3n) is 6.16. The molecule has 0 saturated carbocycles. The molecule has 8 heteroatoms. The van der Waals surface area contributed by atoms with E-state index in [0.29, 0.717) is 18.4 Å². The Morgan fingerprint density at radius 2 is 1.33 bits per heavy atom. The minimum atomic E-state index is -4.93. The summed E-state index contributed by atoms with van der Waals surface area (Å²) < 4.78 is 116. The molecule has 3 aromatic rings. The lowest BCUT2D eigenvalue weighted by Crippen LogP contribution is -2.36. The van der Waals surface area contributed by atoms with Gasteiger partial charge in [-0.05, 0) is 72.7 Å². The lowest BCUT2D eigenvalue weighted by Gasteiger charge is -2.28. The van der Waals surface area contributed by atoms with Crippen LogP contribution in [-0.4, -0.2) is 0 Å². The first-order valence-corrected chi connectivity index (χ1v) is 11.1. The van der Waals surface area contributed by atoms with Crippen LogP contribution in [0.5, 0.6) is 0 Å². The maximum atomic E-state index is 15.0. The molecule has 0 bridgehead atoms. The summed E-state index contributed by atoms with van der Waals surface area (Å²) in [6.07, 6.45) is 5.90. The smallest absolute Gasteiger partial charge is 0.206 e. The SMILES string of the molecule is C/C=C/CCc1ccc(C(F)(F)C(F)(F)c2cc(F)c(C3=Cc4cc(F)c(F)cc4C3)c(F)c2)cc1. The van der Waals surface area contributed by atoms with Crippen LogP contribution in [0, 0.1) is 23.3 Å². The third kappa shape index (κ3) is 4.56. The number of rotatable bonds is 7. The molecule has 0 atom stereocenters. The van der Waals surface area contributed by atoms with E-state index in [-0.39, 0.29) is 35.3 Å². The number of allylic oxidation sites excluding steroid dienone is 3. The Hall–Kier alpha value is -3.42. The largest absolute Gasteiger partial charge is 0.339 e. The van der Waals surface area contributed by atoms with Crippen LogP contribution in [-0.2, 0) is 24.7 Å². The molecule has 0 unspecified atom stereocenters. The summed E-state index contributed by atoms with van der Waals surface area (Å²) in [7, 11) is 0. The zero-order valence-electron chi connectivity index (χ0n) is 19.0. The number of alkyl halides is 4. The number of hydrogen-bond donors (Lipinski definition) is 0. The van der Waals surface area contributed by atoms with Gasteiger partial charge in [0, 0.05) is 16.7 Å². The normalized spacial score (nSPS) is 13.9. The van der Waals surface area contributed by atoms with E-state index in [2.05, 4.69) is 0 Å². The topological polar surface area (TPSA) is 0 Å². The first-order chi connectivity index (χ1) is 17.0. The molecule has 0 amide bonds. The number of aryl methyl sites for hydroxylation is 1. The molecule has 36 heavy (non-hydrogen) atoms. The standard InChI is InChI=1S/C28H20F8/c1-2-3-4-5-16-6-8-20(9-7-16)27(33,34)28(35,36)21-14-24(31)26(25(32)15-21)19-10-17-12-22(29)23(30)13-18(17)11-19/h2-3,6-10,12-15H,4-5,11H2,1H3/b3-2+. The van der Waals surface area contributed by atoms with Crippen LogP contribution in [0.25, 0.3) is 11.6 Å². The van der Waals surface area contributed by atoms with Gasteiger partial charge in [0.1, 0.15) is 11.6 Å². The van der Waals surface area contributed by atoms with Crippen LogP contribution < -0.4 is 0 Å². The third-order valence-corrected chi connectivity index (χ3v) is 6.16. The van der Waals surface area contributed by atoms with E-state index < -0.39 is 51.8 Å². The van der Waals surface area contributed by atoms with Gasteiger partial charge in [0.15, 0.2) is 11.6 Å². The number of halogens is 8. The van der Waals surface area contributed by atoms with Gasteiger partial charge in [0.25, 0.3) is 0 Å². The van der Waals surface area contributed by atoms with Crippen molar-refractivity contribution in [3.63, 3.8) is 0 Å². The van der Waals surface area contributed by atoms with Crippen molar-refractivity contribution in [2.24, 2.45) is 0 Å². The van der Waals surface area contributed by atoms with E-state index in [1.807, 2.05) is 19.1 Å². The van der Waals surface area contributed by atoms with Gasteiger partial charge in [-0.25, -0.2) is 17.6 Å². The predicted molar refractivity (Wildman–Crippen MR) is 122 cm³/mol. The van der Waals surface area contributed by atoms with Crippen molar-refractivity contribution < 1.29 is 35.1 Å². The second kappa shape index (κ2) is 9.56. The van der Waals surface area contributed by atoms with Crippen molar-refractivity contribution in [2.45, 2.75) is 38.0 Å².